The lowest BCUT2D eigenvalue weighted by Gasteiger charge is -2.45. The third-order valence-electron chi connectivity index (χ3n) is 4.21. The molecule has 1 aliphatic heterocycles. The molecule has 0 amide bonds. The summed E-state index contributed by atoms with van der Waals surface area (Å²) in [6, 6.07) is 0. The van der Waals surface area contributed by atoms with Gasteiger partial charge in [0.15, 0.2) is 5.78 Å². The zero-order valence-electron chi connectivity index (χ0n) is 13.8. The molecule has 0 saturated heterocycles. The summed E-state index contributed by atoms with van der Waals surface area (Å²) in [7, 11) is 1.73. The number of hydrogen-bond donors (Lipinski definition) is 0. The number of nitrogens with zero attached hydrogens (tertiary/aromatic N) is 2. The highest BCUT2D eigenvalue weighted by atomic mass is 35.5. The fourth-order valence-electron chi connectivity index (χ4n) is 3.25. The Bertz CT molecular complexity index is 407. The summed E-state index contributed by atoms with van der Waals surface area (Å²) in [6.45, 7) is 11.0. The molecule has 0 spiro atoms. The van der Waals surface area contributed by atoms with Crippen molar-refractivity contribution in [3.63, 3.8) is 0 Å². The number of allylic oxidation sites excluding steroid dienone is 1. The highest BCUT2D eigenvalue weighted by Gasteiger charge is 2.37. The molecule has 0 atom stereocenters. The number of ketones is 1. The molecule has 0 aromatic heterocycles. The molecule has 0 N–H and O–H groups in total. The van der Waals surface area contributed by atoms with Gasteiger partial charge >= 0.3 is 0 Å². The normalized spacial score (nSPS) is 22.1. The molecule has 0 saturated carbocycles. The van der Waals surface area contributed by atoms with Crippen molar-refractivity contribution in [2.24, 2.45) is 5.41 Å². The zero-order valence-corrected chi connectivity index (χ0v) is 14.6. The van der Waals surface area contributed by atoms with E-state index in [4.69, 9.17) is 4.74 Å². The van der Waals surface area contributed by atoms with Gasteiger partial charge in [-0.2, -0.15) is 0 Å². The zero-order chi connectivity index (χ0) is 14.8. The summed E-state index contributed by atoms with van der Waals surface area (Å²) in [6.07, 6.45) is 2.83. The maximum Gasteiger partial charge on any atom is 0.162 e. The fourth-order valence-corrected chi connectivity index (χ4v) is 3.25. The van der Waals surface area contributed by atoms with Crippen LogP contribution in [0.2, 0.25) is 0 Å². The Labute approximate surface area is 134 Å². The molecule has 0 bridgehead atoms. The van der Waals surface area contributed by atoms with Crippen LogP contribution in [0.1, 0.15) is 40.0 Å². The van der Waals surface area contributed by atoms with Crippen LogP contribution in [0.25, 0.3) is 0 Å². The number of carbonyl (C=O) groups excluding carboxylic acids is 1. The van der Waals surface area contributed by atoms with E-state index < -0.39 is 0 Å². The van der Waals surface area contributed by atoms with Gasteiger partial charge in [0.2, 0.25) is 0 Å². The van der Waals surface area contributed by atoms with E-state index in [2.05, 4.69) is 30.6 Å². The van der Waals surface area contributed by atoms with Crippen LogP contribution in [-0.4, -0.2) is 55.6 Å². The van der Waals surface area contributed by atoms with Crippen molar-refractivity contribution in [2.75, 3.05) is 40.0 Å². The van der Waals surface area contributed by atoms with E-state index in [1.54, 1.807) is 7.11 Å². The standard InChI is InChI=1S/C16H28N2O2.ClH/c1-5-6-18-12-17(7-8-20-4)11-13-14(18)9-16(2,3)10-15(13)19;/h5-12H2,1-4H3;1H. The van der Waals surface area contributed by atoms with Gasteiger partial charge < -0.3 is 9.64 Å². The molecular weight excluding hydrogens is 288 g/mol. The molecule has 122 valence electrons. The smallest absolute Gasteiger partial charge is 0.162 e. The van der Waals surface area contributed by atoms with Crippen LogP contribution >= 0.6 is 12.4 Å². The second-order valence-electron chi connectivity index (χ2n) is 6.82. The van der Waals surface area contributed by atoms with Gasteiger partial charge in [-0.25, -0.2) is 0 Å². The lowest BCUT2D eigenvalue weighted by atomic mass is 9.75. The summed E-state index contributed by atoms with van der Waals surface area (Å²) in [5, 5.41) is 0. The number of ether oxygens (including phenoxy) is 1. The van der Waals surface area contributed by atoms with E-state index in [0.29, 0.717) is 12.2 Å². The van der Waals surface area contributed by atoms with E-state index in [0.717, 1.165) is 51.3 Å². The summed E-state index contributed by atoms with van der Waals surface area (Å²) >= 11 is 0. The molecule has 2 aliphatic rings. The van der Waals surface area contributed by atoms with Crippen molar-refractivity contribution >= 4 is 18.2 Å². The topological polar surface area (TPSA) is 32.8 Å². The molecule has 0 aromatic rings. The second kappa shape index (κ2) is 7.61. The molecule has 0 fully saturated rings. The van der Waals surface area contributed by atoms with Crippen LogP contribution in [0.3, 0.4) is 0 Å². The van der Waals surface area contributed by atoms with Crippen LogP contribution in [0, 0.1) is 5.41 Å². The average Bonchev–Trinajstić information content (AvgIpc) is 2.37. The Kier molecular flexibility index (Phi) is 6.70. The first-order valence-corrected chi connectivity index (χ1v) is 7.68. The molecule has 0 unspecified atom stereocenters. The molecule has 5 heteroatoms. The van der Waals surface area contributed by atoms with Crippen molar-refractivity contribution in [3.05, 3.63) is 11.3 Å². The molecule has 1 heterocycles. The quantitative estimate of drug-likeness (QED) is 0.780. The van der Waals surface area contributed by atoms with E-state index in [1.807, 2.05) is 0 Å². The van der Waals surface area contributed by atoms with Gasteiger partial charge in [-0.1, -0.05) is 20.8 Å². The molecule has 4 nitrogen and oxygen atoms in total. The van der Waals surface area contributed by atoms with Crippen LogP contribution in [-0.2, 0) is 9.53 Å². The third-order valence-corrected chi connectivity index (χ3v) is 4.21. The summed E-state index contributed by atoms with van der Waals surface area (Å²) in [5.41, 5.74) is 2.47. The first-order valence-electron chi connectivity index (χ1n) is 7.68. The fraction of sp³-hybridized carbons (Fsp3) is 0.812. The molecular formula is C16H29ClN2O2. The number of rotatable bonds is 5. The third kappa shape index (κ3) is 4.44. The predicted octanol–water partition coefficient (Wildman–Crippen LogP) is 2.68. The summed E-state index contributed by atoms with van der Waals surface area (Å²) in [4.78, 5) is 17.2. The Balaban J connectivity index is 0.00000220. The first kappa shape index (κ1) is 18.5. The van der Waals surface area contributed by atoms with Crippen molar-refractivity contribution < 1.29 is 9.53 Å². The van der Waals surface area contributed by atoms with Crippen LogP contribution in [0.5, 0.6) is 0 Å². The van der Waals surface area contributed by atoms with Gasteiger partial charge in [-0.3, -0.25) is 9.69 Å². The van der Waals surface area contributed by atoms with E-state index in [-0.39, 0.29) is 17.8 Å². The minimum absolute atomic E-state index is 0. The van der Waals surface area contributed by atoms with Gasteiger partial charge in [-0.05, 0) is 18.3 Å². The number of Topliss-reactive ketones (excluding diaryl/α,β-unsaturated/α-hetero) is 1. The molecule has 21 heavy (non-hydrogen) atoms. The number of carbonyl (C=O) groups is 1. The van der Waals surface area contributed by atoms with Gasteiger partial charge in [0.05, 0.1) is 13.3 Å². The van der Waals surface area contributed by atoms with E-state index in [9.17, 15) is 4.79 Å². The van der Waals surface area contributed by atoms with Crippen LogP contribution in [0.15, 0.2) is 11.3 Å². The van der Waals surface area contributed by atoms with Crippen molar-refractivity contribution in [3.8, 4) is 0 Å². The monoisotopic (exact) mass is 316 g/mol. The lowest BCUT2D eigenvalue weighted by molar-refractivity contribution is -0.119. The number of halogens is 1. The van der Waals surface area contributed by atoms with E-state index >= 15 is 0 Å². The van der Waals surface area contributed by atoms with Gasteiger partial charge in [0.25, 0.3) is 0 Å². The van der Waals surface area contributed by atoms with Crippen LogP contribution < -0.4 is 0 Å². The molecule has 2 rings (SSSR count). The van der Waals surface area contributed by atoms with Gasteiger partial charge in [-0.15, -0.1) is 12.4 Å². The number of hydrogen-bond acceptors (Lipinski definition) is 4. The van der Waals surface area contributed by atoms with Gasteiger partial charge in [0, 0.05) is 44.4 Å². The molecule has 1 aliphatic carbocycles. The van der Waals surface area contributed by atoms with Crippen molar-refractivity contribution in [2.45, 2.75) is 40.0 Å². The largest absolute Gasteiger partial charge is 0.383 e. The minimum Gasteiger partial charge on any atom is -0.383 e. The summed E-state index contributed by atoms with van der Waals surface area (Å²) in [5.74, 6) is 0.347. The molecule has 0 radical (unpaired) electrons. The highest BCUT2D eigenvalue weighted by Crippen LogP contribution is 2.40. The Morgan fingerprint density at radius 2 is 1.95 bits per heavy atom. The Morgan fingerprint density at radius 1 is 1.24 bits per heavy atom. The Morgan fingerprint density at radius 3 is 2.57 bits per heavy atom. The Hall–Kier alpha value is -0.580. The SMILES string of the molecule is CCCN1CN(CCOC)CC2=C1CC(C)(C)CC2=O.Cl. The van der Waals surface area contributed by atoms with E-state index in [1.165, 1.54) is 5.70 Å². The minimum atomic E-state index is 0. The van der Waals surface area contributed by atoms with Gasteiger partial charge in [0.1, 0.15) is 0 Å². The molecule has 0 aromatic carbocycles. The van der Waals surface area contributed by atoms with Crippen LogP contribution in [0.4, 0.5) is 0 Å². The van der Waals surface area contributed by atoms with Crippen molar-refractivity contribution in [1.29, 1.82) is 0 Å². The number of methoxy groups -OCH3 is 1. The highest BCUT2D eigenvalue weighted by molar-refractivity contribution is 5.98. The average molecular weight is 317 g/mol. The van der Waals surface area contributed by atoms with Crippen molar-refractivity contribution in [1.82, 2.24) is 9.80 Å². The predicted molar refractivity (Wildman–Crippen MR) is 87.6 cm³/mol. The second-order valence-corrected chi connectivity index (χ2v) is 6.82. The maximum absolute atomic E-state index is 12.5. The first-order chi connectivity index (χ1) is 9.46. The summed E-state index contributed by atoms with van der Waals surface area (Å²) < 4.78 is 5.17. The maximum atomic E-state index is 12.5. The lowest BCUT2D eigenvalue weighted by Crippen LogP contribution is -2.49.